The van der Waals surface area contributed by atoms with E-state index in [4.69, 9.17) is 9.47 Å². The van der Waals surface area contributed by atoms with Crippen molar-refractivity contribution in [2.45, 2.75) is 36.9 Å². The van der Waals surface area contributed by atoms with Crippen LogP contribution in [0.1, 0.15) is 34.3 Å². The van der Waals surface area contributed by atoms with Gasteiger partial charge in [0.05, 0.1) is 24.2 Å². The predicted octanol–water partition coefficient (Wildman–Crippen LogP) is 1.91. The number of nitrogens with one attached hydrogen (secondary N) is 2. The number of amides is 1. The maximum Gasteiger partial charge on any atom is 0.251 e. The molecule has 0 radical (unpaired) electrons. The Morgan fingerprint density at radius 1 is 1.03 bits per heavy atom. The summed E-state index contributed by atoms with van der Waals surface area (Å²) in [6.07, 6.45) is 1.69. The van der Waals surface area contributed by atoms with E-state index in [0.717, 1.165) is 56.8 Å². The molecule has 1 atom stereocenters. The van der Waals surface area contributed by atoms with Crippen LogP contribution in [0.2, 0.25) is 0 Å². The Balaban J connectivity index is 1.37. The van der Waals surface area contributed by atoms with Crippen molar-refractivity contribution in [3.63, 3.8) is 0 Å². The summed E-state index contributed by atoms with van der Waals surface area (Å²) in [7, 11) is -3.72. The fraction of sp³-hybridized carbons (Fsp3) is 0.458. The monoisotopic (exact) mass is 473 g/mol. The normalized spacial score (nSPS) is 19.5. The molecular formula is C24H31N3O5S. The number of morpholine rings is 1. The lowest BCUT2D eigenvalue weighted by atomic mass is 10.1. The van der Waals surface area contributed by atoms with Gasteiger partial charge in [-0.3, -0.25) is 9.69 Å². The van der Waals surface area contributed by atoms with E-state index in [0.29, 0.717) is 18.7 Å². The lowest BCUT2D eigenvalue weighted by Gasteiger charge is -2.27. The summed E-state index contributed by atoms with van der Waals surface area (Å²) in [5.74, 6) is -0.313. The molecule has 0 unspecified atom stereocenters. The zero-order chi connectivity index (χ0) is 23.1. The van der Waals surface area contributed by atoms with Crippen LogP contribution < -0.4 is 10.0 Å². The highest BCUT2D eigenvalue weighted by atomic mass is 32.2. The fourth-order valence-corrected chi connectivity index (χ4v) is 5.17. The third-order valence-electron chi connectivity index (χ3n) is 5.99. The van der Waals surface area contributed by atoms with Crippen LogP contribution in [0.5, 0.6) is 0 Å². The Kier molecular flexibility index (Phi) is 8.11. The van der Waals surface area contributed by atoms with Gasteiger partial charge in [0.25, 0.3) is 5.91 Å². The largest absolute Gasteiger partial charge is 0.379 e. The third kappa shape index (κ3) is 6.61. The van der Waals surface area contributed by atoms with Gasteiger partial charge in [0.1, 0.15) is 0 Å². The number of nitrogens with zero attached hydrogens (tertiary/aromatic N) is 1. The molecule has 2 N–H and O–H groups in total. The quantitative estimate of drug-likeness (QED) is 0.578. The Morgan fingerprint density at radius 2 is 1.82 bits per heavy atom. The van der Waals surface area contributed by atoms with Gasteiger partial charge in [-0.05, 0) is 42.2 Å². The number of hydrogen-bond donors (Lipinski definition) is 2. The first kappa shape index (κ1) is 23.8. The number of benzene rings is 2. The van der Waals surface area contributed by atoms with E-state index in [-0.39, 0.29) is 23.5 Å². The first-order valence-corrected chi connectivity index (χ1v) is 12.9. The maximum absolute atomic E-state index is 12.8. The van der Waals surface area contributed by atoms with Crippen molar-refractivity contribution in [2.75, 3.05) is 39.5 Å². The average Bonchev–Trinajstić information content (AvgIpc) is 3.37. The number of ether oxygens (including phenoxy) is 2. The highest BCUT2D eigenvalue weighted by Crippen LogP contribution is 2.16. The van der Waals surface area contributed by atoms with Gasteiger partial charge in [-0.2, -0.15) is 0 Å². The molecule has 9 heteroatoms. The first-order valence-electron chi connectivity index (χ1n) is 11.4. The van der Waals surface area contributed by atoms with Gasteiger partial charge < -0.3 is 14.8 Å². The minimum absolute atomic E-state index is 0.0702. The van der Waals surface area contributed by atoms with Crippen molar-refractivity contribution in [2.24, 2.45) is 0 Å². The SMILES string of the molecule is O=C(NCc1ccccc1CN1CCOCC1)c1cccc(S(=O)(=O)NC[C@@H]2CCCO2)c1. The molecule has 0 aliphatic carbocycles. The van der Waals surface area contributed by atoms with E-state index in [2.05, 4.69) is 21.0 Å². The summed E-state index contributed by atoms with van der Waals surface area (Å²) in [5, 5.41) is 2.93. The topological polar surface area (TPSA) is 97.0 Å². The molecule has 178 valence electrons. The second-order valence-corrected chi connectivity index (χ2v) is 10.1. The van der Waals surface area contributed by atoms with Gasteiger partial charge in [-0.1, -0.05) is 30.3 Å². The average molecular weight is 474 g/mol. The number of rotatable bonds is 9. The van der Waals surface area contributed by atoms with E-state index in [1.54, 1.807) is 12.1 Å². The molecule has 2 aliphatic rings. The van der Waals surface area contributed by atoms with Gasteiger partial charge in [0.2, 0.25) is 10.0 Å². The van der Waals surface area contributed by atoms with E-state index in [1.807, 2.05) is 18.2 Å². The number of sulfonamides is 1. The van der Waals surface area contributed by atoms with Gasteiger partial charge in [0.15, 0.2) is 0 Å². The molecule has 2 heterocycles. The van der Waals surface area contributed by atoms with Gasteiger partial charge >= 0.3 is 0 Å². The van der Waals surface area contributed by atoms with Crippen LogP contribution in [0.3, 0.4) is 0 Å². The molecule has 33 heavy (non-hydrogen) atoms. The van der Waals surface area contributed by atoms with Gasteiger partial charge in [0, 0.05) is 44.9 Å². The minimum atomic E-state index is -3.72. The second kappa shape index (κ2) is 11.2. The summed E-state index contributed by atoms with van der Waals surface area (Å²) in [6, 6.07) is 14.1. The summed E-state index contributed by atoms with van der Waals surface area (Å²) in [4.78, 5) is 15.2. The van der Waals surface area contributed by atoms with Crippen LogP contribution in [0, 0.1) is 0 Å². The van der Waals surface area contributed by atoms with Crippen LogP contribution in [0.15, 0.2) is 53.4 Å². The predicted molar refractivity (Wildman–Crippen MR) is 124 cm³/mol. The molecule has 2 aliphatic heterocycles. The van der Waals surface area contributed by atoms with E-state index >= 15 is 0 Å². The Labute approximate surface area is 195 Å². The van der Waals surface area contributed by atoms with Gasteiger partial charge in [-0.25, -0.2) is 13.1 Å². The highest BCUT2D eigenvalue weighted by molar-refractivity contribution is 7.89. The molecule has 2 fully saturated rings. The van der Waals surface area contributed by atoms with Crippen LogP contribution in [-0.2, 0) is 32.6 Å². The molecule has 2 saturated heterocycles. The van der Waals surface area contributed by atoms with E-state index < -0.39 is 10.0 Å². The molecule has 4 rings (SSSR count). The molecule has 0 spiro atoms. The van der Waals surface area contributed by atoms with Crippen molar-refractivity contribution in [1.29, 1.82) is 0 Å². The second-order valence-electron chi connectivity index (χ2n) is 8.35. The summed E-state index contributed by atoms with van der Waals surface area (Å²) in [6.45, 7) is 5.33. The van der Waals surface area contributed by atoms with Crippen molar-refractivity contribution in [3.05, 3.63) is 65.2 Å². The Hall–Kier alpha value is -2.30. The standard InChI is InChI=1S/C24H31N3O5S/c28-24(25-16-20-5-1-2-6-21(20)18-27-10-13-31-14-11-27)19-7-3-9-23(15-19)33(29,30)26-17-22-8-4-12-32-22/h1-3,5-7,9,15,22,26H,4,8,10-14,16-18H2,(H,25,28)/t22-/m0/s1. The summed E-state index contributed by atoms with van der Waals surface area (Å²) >= 11 is 0. The van der Waals surface area contributed by atoms with E-state index in [9.17, 15) is 13.2 Å². The molecule has 0 saturated carbocycles. The highest BCUT2D eigenvalue weighted by Gasteiger charge is 2.21. The number of carbonyl (C=O) groups is 1. The van der Waals surface area contributed by atoms with Crippen LogP contribution in [0.25, 0.3) is 0 Å². The van der Waals surface area contributed by atoms with Crippen molar-refractivity contribution >= 4 is 15.9 Å². The van der Waals surface area contributed by atoms with Crippen molar-refractivity contribution in [3.8, 4) is 0 Å². The third-order valence-corrected chi connectivity index (χ3v) is 7.41. The zero-order valence-corrected chi connectivity index (χ0v) is 19.5. The number of hydrogen-bond acceptors (Lipinski definition) is 6. The summed E-state index contributed by atoms with van der Waals surface area (Å²) < 4.78 is 38.8. The molecule has 2 aromatic rings. The Bertz CT molecular complexity index is 1050. The first-order chi connectivity index (χ1) is 16.0. The van der Waals surface area contributed by atoms with Gasteiger partial charge in [-0.15, -0.1) is 0 Å². The number of carbonyl (C=O) groups excluding carboxylic acids is 1. The molecule has 1 amide bonds. The zero-order valence-electron chi connectivity index (χ0n) is 18.7. The maximum atomic E-state index is 12.8. The van der Waals surface area contributed by atoms with Crippen LogP contribution in [-0.4, -0.2) is 64.8 Å². The Morgan fingerprint density at radius 3 is 2.58 bits per heavy atom. The molecular weight excluding hydrogens is 442 g/mol. The van der Waals surface area contributed by atoms with E-state index in [1.165, 1.54) is 12.1 Å². The lowest BCUT2D eigenvalue weighted by Crippen LogP contribution is -2.36. The fourth-order valence-electron chi connectivity index (χ4n) is 4.06. The molecule has 0 bridgehead atoms. The summed E-state index contributed by atoms with van der Waals surface area (Å²) in [5.41, 5.74) is 2.51. The molecule has 8 nitrogen and oxygen atoms in total. The molecule has 2 aromatic carbocycles. The smallest absolute Gasteiger partial charge is 0.251 e. The van der Waals surface area contributed by atoms with Crippen LogP contribution >= 0.6 is 0 Å². The van der Waals surface area contributed by atoms with Crippen molar-refractivity contribution in [1.82, 2.24) is 14.9 Å². The van der Waals surface area contributed by atoms with Crippen LogP contribution in [0.4, 0.5) is 0 Å². The molecule has 0 aromatic heterocycles. The minimum Gasteiger partial charge on any atom is -0.379 e. The van der Waals surface area contributed by atoms with Crippen molar-refractivity contribution < 1.29 is 22.7 Å². The lowest BCUT2D eigenvalue weighted by molar-refractivity contribution is 0.0340.